The van der Waals surface area contributed by atoms with Gasteiger partial charge >= 0.3 is 5.97 Å². The second-order valence-electron chi connectivity index (χ2n) is 4.28. The summed E-state index contributed by atoms with van der Waals surface area (Å²) in [4.78, 5) is 11.0. The van der Waals surface area contributed by atoms with Gasteiger partial charge in [-0.1, -0.05) is 6.07 Å². The van der Waals surface area contributed by atoms with Crippen LogP contribution in [0.3, 0.4) is 0 Å². The molecule has 0 radical (unpaired) electrons. The van der Waals surface area contributed by atoms with E-state index in [4.69, 9.17) is 15.1 Å². The second kappa shape index (κ2) is 5.45. The Bertz CT molecular complexity index is 698. The average molecular weight is 271 g/mol. The number of nitriles is 1. The van der Waals surface area contributed by atoms with Gasteiger partial charge in [-0.15, -0.1) is 0 Å². The fraction of sp³-hybridized carbons (Fsp3) is 0.214. The summed E-state index contributed by atoms with van der Waals surface area (Å²) < 4.78 is 6.69. The van der Waals surface area contributed by atoms with Gasteiger partial charge in [0.25, 0.3) is 0 Å². The van der Waals surface area contributed by atoms with Crippen molar-refractivity contribution < 1.29 is 14.6 Å². The number of carbonyl (C=O) groups is 1. The van der Waals surface area contributed by atoms with Crippen molar-refractivity contribution >= 4 is 5.97 Å². The Balaban J connectivity index is 2.29. The van der Waals surface area contributed by atoms with Gasteiger partial charge in [-0.25, -0.2) is 4.79 Å². The van der Waals surface area contributed by atoms with Crippen molar-refractivity contribution in [3.63, 3.8) is 0 Å². The maximum atomic E-state index is 11.0. The Kier molecular flexibility index (Phi) is 3.71. The molecule has 20 heavy (non-hydrogen) atoms. The lowest BCUT2D eigenvalue weighted by Crippen LogP contribution is -2.01. The van der Waals surface area contributed by atoms with Crippen LogP contribution in [0.5, 0.6) is 5.75 Å². The zero-order valence-electron chi connectivity index (χ0n) is 11.1. The molecule has 0 atom stereocenters. The number of benzene rings is 1. The topological polar surface area (TPSA) is 88.1 Å². The first kappa shape index (κ1) is 13.6. The van der Waals surface area contributed by atoms with E-state index in [0.717, 1.165) is 5.56 Å². The highest BCUT2D eigenvalue weighted by Crippen LogP contribution is 2.20. The van der Waals surface area contributed by atoms with Crippen molar-refractivity contribution in [2.45, 2.75) is 13.5 Å². The van der Waals surface area contributed by atoms with Crippen LogP contribution < -0.4 is 4.74 Å². The largest absolute Gasteiger partial charge is 0.495 e. The summed E-state index contributed by atoms with van der Waals surface area (Å²) in [6, 6.07) is 7.25. The molecule has 0 amide bonds. The maximum absolute atomic E-state index is 11.0. The number of rotatable bonds is 4. The van der Waals surface area contributed by atoms with Crippen molar-refractivity contribution in [3.05, 3.63) is 46.8 Å². The molecule has 102 valence electrons. The van der Waals surface area contributed by atoms with Crippen LogP contribution in [0.15, 0.2) is 24.4 Å². The minimum atomic E-state index is -0.994. The summed E-state index contributed by atoms with van der Waals surface area (Å²) >= 11 is 0. The van der Waals surface area contributed by atoms with E-state index >= 15 is 0 Å². The molecule has 2 aromatic rings. The third-order valence-electron chi connectivity index (χ3n) is 2.91. The normalized spacial score (nSPS) is 10.1. The van der Waals surface area contributed by atoms with Gasteiger partial charge in [0.2, 0.25) is 0 Å². The Morgan fingerprint density at radius 2 is 2.30 bits per heavy atom. The minimum Gasteiger partial charge on any atom is -0.495 e. The van der Waals surface area contributed by atoms with E-state index in [1.807, 2.05) is 6.07 Å². The predicted octanol–water partition coefficient (Wildman–Crippen LogP) is 1.82. The first-order valence-corrected chi connectivity index (χ1v) is 5.89. The van der Waals surface area contributed by atoms with Gasteiger partial charge in [-0.05, 0) is 24.6 Å². The molecule has 0 unspecified atom stereocenters. The molecule has 2 rings (SSSR count). The quantitative estimate of drug-likeness (QED) is 0.916. The lowest BCUT2D eigenvalue weighted by Gasteiger charge is -2.06. The Morgan fingerprint density at radius 1 is 1.55 bits per heavy atom. The molecule has 0 bridgehead atoms. The number of hydrogen-bond donors (Lipinski definition) is 1. The van der Waals surface area contributed by atoms with Gasteiger partial charge in [0.15, 0.2) is 0 Å². The van der Waals surface area contributed by atoms with Crippen LogP contribution >= 0.6 is 0 Å². The summed E-state index contributed by atoms with van der Waals surface area (Å²) in [6.45, 7) is 2.06. The number of nitrogens with zero attached hydrogens (tertiary/aromatic N) is 3. The lowest BCUT2D eigenvalue weighted by molar-refractivity contribution is 0.0696. The highest BCUT2D eigenvalue weighted by Gasteiger charge is 2.12. The molecule has 1 aromatic heterocycles. The number of ether oxygens (including phenoxy) is 1. The summed E-state index contributed by atoms with van der Waals surface area (Å²) in [6.07, 6.45) is 1.49. The zero-order chi connectivity index (χ0) is 14.7. The van der Waals surface area contributed by atoms with E-state index in [9.17, 15) is 4.79 Å². The Labute approximate surface area is 115 Å². The monoisotopic (exact) mass is 271 g/mol. The fourth-order valence-corrected chi connectivity index (χ4v) is 1.92. The van der Waals surface area contributed by atoms with Crippen LogP contribution in [0.25, 0.3) is 0 Å². The summed E-state index contributed by atoms with van der Waals surface area (Å²) in [5.74, 6) is -0.501. The highest BCUT2D eigenvalue weighted by molar-refractivity contribution is 5.88. The second-order valence-corrected chi connectivity index (χ2v) is 4.28. The molecule has 0 saturated heterocycles. The average Bonchev–Trinajstić information content (AvgIpc) is 2.79. The standard InChI is InChI=1S/C14H13N3O3/c1-9-12(14(18)19)8-17(16-9)7-10-3-4-11(6-15)13(5-10)20-2/h3-5,8H,7H2,1-2H3,(H,18,19). The smallest absolute Gasteiger partial charge is 0.339 e. The van der Waals surface area contributed by atoms with E-state index in [-0.39, 0.29) is 5.56 Å². The van der Waals surface area contributed by atoms with E-state index in [0.29, 0.717) is 23.6 Å². The first-order valence-electron chi connectivity index (χ1n) is 5.89. The number of carboxylic acids is 1. The van der Waals surface area contributed by atoms with Crippen LogP contribution in [-0.4, -0.2) is 28.0 Å². The van der Waals surface area contributed by atoms with E-state index in [1.165, 1.54) is 13.3 Å². The van der Waals surface area contributed by atoms with Crippen LogP contribution in [0.4, 0.5) is 0 Å². The molecule has 0 fully saturated rings. The van der Waals surface area contributed by atoms with Gasteiger partial charge in [0, 0.05) is 6.20 Å². The molecule has 0 saturated carbocycles. The molecular weight excluding hydrogens is 258 g/mol. The lowest BCUT2D eigenvalue weighted by atomic mass is 10.1. The molecule has 1 N–H and O–H groups in total. The fourth-order valence-electron chi connectivity index (χ4n) is 1.92. The third-order valence-corrected chi connectivity index (χ3v) is 2.91. The van der Waals surface area contributed by atoms with Crippen LogP contribution in [0.2, 0.25) is 0 Å². The van der Waals surface area contributed by atoms with Gasteiger partial charge in [-0.3, -0.25) is 4.68 Å². The van der Waals surface area contributed by atoms with E-state index < -0.39 is 5.97 Å². The molecule has 0 aliphatic carbocycles. The van der Waals surface area contributed by atoms with Crippen molar-refractivity contribution in [1.82, 2.24) is 9.78 Å². The van der Waals surface area contributed by atoms with Crippen molar-refractivity contribution in [1.29, 1.82) is 5.26 Å². The van der Waals surface area contributed by atoms with Crippen molar-refractivity contribution in [3.8, 4) is 11.8 Å². The summed E-state index contributed by atoms with van der Waals surface area (Å²) in [5.41, 5.74) is 1.99. The predicted molar refractivity (Wildman–Crippen MR) is 70.7 cm³/mol. The molecule has 0 spiro atoms. The van der Waals surface area contributed by atoms with Gasteiger partial charge in [-0.2, -0.15) is 10.4 Å². The van der Waals surface area contributed by atoms with Crippen LogP contribution in [-0.2, 0) is 6.54 Å². The van der Waals surface area contributed by atoms with Gasteiger partial charge < -0.3 is 9.84 Å². The SMILES string of the molecule is COc1cc(Cn2cc(C(=O)O)c(C)n2)ccc1C#N. The minimum absolute atomic E-state index is 0.186. The van der Waals surface area contributed by atoms with Crippen molar-refractivity contribution in [2.75, 3.05) is 7.11 Å². The number of aromatic carboxylic acids is 1. The number of hydrogen-bond acceptors (Lipinski definition) is 4. The Morgan fingerprint density at radius 3 is 2.85 bits per heavy atom. The van der Waals surface area contributed by atoms with Crippen LogP contribution in [0.1, 0.15) is 27.2 Å². The molecule has 6 nitrogen and oxygen atoms in total. The van der Waals surface area contributed by atoms with Crippen LogP contribution in [0, 0.1) is 18.3 Å². The van der Waals surface area contributed by atoms with Gasteiger partial charge in [0.05, 0.1) is 24.9 Å². The number of carboxylic acid groups (broad SMARTS) is 1. The Hall–Kier alpha value is -2.81. The molecule has 0 aliphatic heterocycles. The molecule has 6 heteroatoms. The zero-order valence-corrected chi connectivity index (χ0v) is 11.1. The van der Waals surface area contributed by atoms with Gasteiger partial charge in [0.1, 0.15) is 17.4 Å². The summed E-state index contributed by atoms with van der Waals surface area (Å²) in [7, 11) is 1.50. The van der Waals surface area contributed by atoms with E-state index in [2.05, 4.69) is 5.10 Å². The maximum Gasteiger partial charge on any atom is 0.339 e. The number of aryl methyl sites for hydroxylation is 1. The molecular formula is C14H13N3O3. The number of methoxy groups -OCH3 is 1. The number of aromatic nitrogens is 2. The third kappa shape index (κ3) is 2.62. The molecule has 1 heterocycles. The summed E-state index contributed by atoms with van der Waals surface area (Å²) in [5, 5.41) is 22.1. The highest BCUT2D eigenvalue weighted by atomic mass is 16.5. The molecule has 0 aliphatic rings. The van der Waals surface area contributed by atoms with E-state index in [1.54, 1.807) is 29.8 Å². The first-order chi connectivity index (χ1) is 9.55. The molecule has 1 aromatic carbocycles. The van der Waals surface area contributed by atoms with Crippen molar-refractivity contribution in [2.24, 2.45) is 0 Å².